The molecule has 0 aromatic carbocycles. The molecule has 0 saturated carbocycles. The van der Waals surface area contributed by atoms with Gasteiger partial charge in [0.05, 0.1) is 0 Å². The summed E-state index contributed by atoms with van der Waals surface area (Å²) in [7, 11) is -0.215. The van der Waals surface area contributed by atoms with Gasteiger partial charge in [0, 0.05) is 0 Å². The third kappa shape index (κ3) is 2.42. The lowest BCUT2D eigenvalue weighted by Crippen LogP contribution is -1.98. The molecule has 0 aromatic rings. The lowest BCUT2D eigenvalue weighted by molar-refractivity contribution is -0.364. The quantitative estimate of drug-likeness (QED) is 0.197. The molecule has 0 aliphatic heterocycles. The molecule has 6 heteroatoms. The van der Waals surface area contributed by atoms with Crippen LogP contribution in [0.3, 0.4) is 0 Å². The monoisotopic (exact) mass is 138 g/mol. The van der Waals surface area contributed by atoms with Crippen molar-refractivity contribution in [3.63, 3.8) is 0 Å². The van der Waals surface area contributed by atoms with Crippen LogP contribution in [0, 0.1) is 5.21 Å². The van der Waals surface area contributed by atoms with Gasteiger partial charge in [0.1, 0.15) is 0 Å². The minimum atomic E-state index is -0.821. The van der Waals surface area contributed by atoms with Crippen LogP contribution < -0.4 is 0 Å². The molecule has 0 atom stereocenters. The highest BCUT2D eigenvalue weighted by Crippen LogP contribution is 1.68. The average Bonchev–Trinajstić information content (AvgIpc) is 1.65. The number of hydrogen-bond donors (Lipinski definition) is 1. The molecular formula is H6N2OSSi2. The third-order valence-corrected chi connectivity index (χ3v) is 2.61. The third-order valence-electron chi connectivity index (χ3n) is 0.344. The van der Waals surface area contributed by atoms with Crippen molar-refractivity contribution in [3.05, 3.63) is 5.21 Å². The maximum Gasteiger partial charge on any atom is 0.426 e. The van der Waals surface area contributed by atoms with Gasteiger partial charge in [0.2, 0.25) is 10.4 Å². The maximum absolute atomic E-state index is 9.95. The van der Waals surface area contributed by atoms with Gasteiger partial charge in [-0.3, -0.25) is 0 Å². The Labute approximate surface area is 46.5 Å². The summed E-state index contributed by atoms with van der Waals surface area (Å²) in [5.74, 6) is 0. The molecule has 6 heavy (non-hydrogen) atoms. The molecule has 0 fully saturated rings. The topological polar surface area (TPSA) is 38.4 Å². The summed E-state index contributed by atoms with van der Waals surface area (Å²) in [5.41, 5.74) is 0. The highest BCUT2D eigenvalue weighted by atomic mass is 32.3. The summed E-state index contributed by atoms with van der Waals surface area (Å²) in [6.07, 6.45) is 0. The van der Waals surface area contributed by atoms with Gasteiger partial charge in [-0.15, -0.1) is 16.9 Å². The van der Waals surface area contributed by atoms with Gasteiger partial charge in [-0.25, -0.2) is 0 Å². The predicted molar refractivity (Wildman–Crippen MR) is 33.5 cm³/mol. The zero-order valence-electron chi connectivity index (χ0n) is 3.46. The van der Waals surface area contributed by atoms with Crippen LogP contribution in [-0.4, -0.2) is 23.8 Å². The summed E-state index contributed by atoms with van der Waals surface area (Å²) >= 11 is 3.78. The van der Waals surface area contributed by atoms with Crippen molar-refractivity contribution >= 4 is 31.3 Å². The van der Waals surface area contributed by atoms with Gasteiger partial charge in [-0.05, 0) is 0 Å². The lowest BCUT2D eigenvalue weighted by atomic mass is 13.0. The zero-order chi connectivity index (χ0) is 4.99. The molecule has 0 heterocycles. The van der Waals surface area contributed by atoms with Gasteiger partial charge < -0.3 is 5.21 Å². The summed E-state index contributed by atoms with van der Waals surface area (Å²) in [6.45, 7) is 0. The van der Waals surface area contributed by atoms with Crippen LogP contribution in [-0.2, 0) is 0 Å². The number of rotatable bonds is 1. The van der Waals surface area contributed by atoms with E-state index in [2.05, 4.69) is 16.9 Å². The minimum Gasteiger partial charge on any atom is -0.621 e. The Morgan fingerprint density at radius 1 is 2.00 bits per heavy atom. The van der Waals surface area contributed by atoms with E-state index < -0.39 is 8.83 Å². The van der Waals surface area contributed by atoms with E-state index in [1.807, 2.05) is 0 Å². The lowest BCUT2D eigenvalue weighted by Gasteiger charge is -1.91. The van der Waals surface area contributed by atoms with Crippen molar-refractivity contribution in [2.24, 2.45) is 4.78 Å². The van der Waals surface area contributed by atoms with E-state index in [0.29, 0.717) is 14.9 Å². The molecule has 0 N–H and O–H groups in total. The molecule has 36 valence electrons. The fourth-order valence-corrected chi connectivity index (χ4v) is 1.71. The van der Waals surface area contributed by atoms with Crippen LogP contribution in [0.1, 0.15) is 0 Å². The Morgan fingerprint density at radius 2 is 2.50 bits per heavy atom. The Balaban J connectivity index is 3.22. The minimum absolute atomic E-state index is 0.607. The van der Waals surface area contributed by atoms with E-state index in [9.17, 15) is 5.21 Å². The number of nitrogens with zero attached hydrogens (tertiary/aromatic N) is 2. The Morgan fingerprint density at radius 3 is 2.50 bits per heavy atom. The molecule has 0 spiro atoms. The molecule has 0 unspecified atom stereocenters. The van der Waals surface area contributed by atoms with E-state index >= 15 is 0 Å². The van der Waals surface area contributed by atoms with Crippen molar-refractivity contribution in [3.8, 4) is 0 Å². The summed E-state index contributed by atoms with van der Waals surface area (Å²) < 4.78 is 4.10. The second kappa shape index (κ2) is 3.38. The molecule has 0 aromatic heterocycles. The van der Waals surface area contributed by atoms with E-state index in [1.54, 1.807) is 0 Å². The van der Waals surface area contributed by atoms with Gasteiger partial charge in [-0.1, -0.05) is 0 Å². The molecule has 0 aliphatic carbocycles. The van der Waals surface area contributed by atoms with Crippen molar-refractivity contribution in [1.82, 2.24) is 0 Å². The van der Waals surface area contributed by atoms with Crippen LogP contribution in [0.4, 0.5) is 0 Å². The smallest absolute Gasteiger partial charge is 0.426 e. The molecule has 0 radical (unpaired) electrons. The van der Waals surface area contributed by atoms with Crippen molar-refractivity contribution in [2.75, 3.05) is 0 Å². The largest absolute Gasteiger partial charge is 0.621 e. The Hall–Kier alpha value is 0.184. The first-order valence-corrected chi connectivity index (χ1v) is 5.52. The van der Waals surface area contributed by atoms with E-state index in [1.165, 1.54) is 0 Å². The summed E-state index contributed by atoms with van der Waals surface area (Å²) in [6, 6.07) is 0. The second-order valence-corrected chi connectivity index (χ2v) is 2.77. The average molecular weight is 138 g/mol. The summed E-state index contributed by atoms with van der Waals surface area (Å²) in [5, 5.41) is 9.95. The van der Waals surface area contributed by atoms with Gasteiger partial charge >= 0.3 is 8.83 Å². The van der Waals surface area contributed by atoms with E-state index in [4.69, 9.17) is 0 Å². The Kier molecular flexibility index (Phi) is 3.48. The first-order chi connectivity index (χ1) is 2.81. The van der Waals surface area contributed by atoms with Crippen LogP contribution in [0.5, 0.6) is 0 Å². The van der Waals surface area contributed by atoms with Crippen LogP contribution in [0.2, 0.25) is 0 Å². The molecule has 3 nitrogen and oxygen atoms in total. The molecule has 0 amide bonds. The van der Waals surface area contributed by atoms with E-state index in [0.717, 1.165) is 0 Å². The zero-order valence-corrected chi connectivity index (χ0v) is 7.77. The Bertz CT molecular complexity index is 62.6. The first-order valence-electron chi connectivity index (χ1n) is 1.46. The van der Waals surface area contributed by atoms with Crippen molar-refractivity contribution in [2.45, 2.75) is 0 Å². The molecule has 0 aliphatic rings. The fourth-order valence-electron chi connectivity index (χ4n) is 0.0632. The maximum atomic E-state index is 9.95. The molecule has 0 bridgehead atoms. The van der Waals surface area contributed by atoms with Gasteiger partial charge in [0.25, 0.3) is 0 Å². The highest BCUT2D eigenvalue weighted by Gasteiger charge is 1.80. The fraction of sp³-hybridized carbons (Fsp3) is 0. The van der Waals surface area contributed by atoms with Crippen LogP contribution >= 0.6 is 12.1 Å². The molecule has 0 rings (SSSR count). The molecule has 0 saturated heterocycles. The second-order valence-electron chi connectivity index (χ2n) is 0.694. The van der Waals surface area contributed by atoms with E-state index in [-0.39, 0.29) is 0 Å². The van der Waals surface area contributed by atoms with Crippen molar-refractivity contribution in [1.29, 1.82) is 0 Å². The number of hydrogen-bond acceptors (Lipinski definition) is 3. The normalized spacial score (nSPS) is 14.5. The SMILES string of the molecule is [O-][N+](=N[SiH3])[SiH2]S. The molecular weight excluding hydrogens is 132 g/mol. The van der Waals surface area contributed by atoms with Crippen LogP contribution in [0.25, 0.3) is 0 Å². The standard InChI is InChI=1S/H6N2OSSi2/c3-2(1-5)6-4/h4H,6H2,5H3. The first kappa shape index (κ1) is 6.18. The van der Waals surface area contributed by atoms with Gasteiger partial charge in [0.15, 0.2) is 0 Å². The van der Waals surface area contributed by atoms with Crippen molar-refractivity contribution < 1.29 is 4.53 Å². The van der Waals surface area contributed by atoms with Gasteiger partial charge in [-0.2, -0.15) is 4.53 Å². The number of thiol groups is 1. The van der Waals surface area contributed by atoms with Crippen LogP contribution in [0.15, 0.2) is 4.78 Å². The highest BCUT2D eigenvalue weighted by molar-refractivity contribution is 8.05. The predicted octanol–water partition coefficient (Wildman–Crippen LogP) is -1.84. The summed E-state index contributed by atoms with van der Waals surface area (Å²) in [4.78, 5) is 0.